The fourth-order valence-corrected chi connectivity index (χ4v) is 2.35. The van der Waals surface area contributed by atoms with Crippen molar-refractivity contribution < 1.29 is 9.66 Å². The van der Waals surface area contributed by atoms with Gasteiger partial charge in [-0.25, -0.2) is 4.68 Å². The van der Waals surface area contributed by atoms with E-state index in [2.05, 4.69) is 15.3 Å². The Labute approximate surface area is 117 Å². The van der Waals surface area contributed by atoms with E-state index in [9.17, 15) is 10.1 Å². The molecule has 1 saturated heterocycles. The summed E-state index contributed by atoms with van der Waals surface area (Å²) in [5.74, 6) is 0.486. The van der Waals surface area contributed by atoms with Crippen molar-refractivity contribution in [2.45, 2.75) is 13.3 Å². The number of hydrogen-bond acceptors (Lipinski definition) is 6. The molecule has 1 aliphatic heterocycles. The van der Waals surface area contributed by atoms with Crippen LogP contribution in [0.4, 0.5) is 11.5 Å². The van der Waals surface area contributed by atoms with Crippen molar-refractivity contribution in [1.82, 2.24) is 14.7 Å². The van der Waals surface area contributed by atoms with Gasteiger partial charge in [0.25, 0.3) is 0 Å². The fraction of sp³-hybridized carbons (Fsp3) is 0.750. The number of anilines is 1. The molecule has 1 fully saturated rings. The van der Waals surface area contributed by atoms with E-state index >= 15 is 0 Å². The highest BCUT2D eigenvalue weighted by atomic mass is 16.6. The maximum atomic E-state index is 11.2. The largest absolute Gasteiger partial charge is 0.379 e. The highest BCUT2D eigenvalue weighted by Gasteiger charge is 2.25. The molecule has 20 heavy (non-hydrogen) atoms. The van der Waals surface area contributed by atoms with Crippen LogP contribution in [-0.2, 0) is 18.2 Å². The van der Waals surface area contributed by atoms with E-state index in [1.165, 1.54) is 0 Å². The Morgan fingerprint density at radius 3 is 2.75 bits per heavy atom. The van der Waals surface area contributed by atoms with Crippen LogP contribution in [-0.4, -0.2) is 59.0 Å². The summed E-state index contributed by atoms with van der Waals surface area (Å²) >= 11 is 0. The van der Waals surface area contributed by atoms with E-state index in [4.69, 9.17) is 4.74 Å². The maximum absolute atomic E-state index is 11.2. The lowest BCUT2D eigenvalue weighted by Crippen LogP contribution is -2.39. The predicted molar refractivity (Wildman–Crippen MR) is 75.0 cm³/mol. The van der Waals surface area contributed by atoms with Crippen LogP contribution in [0.1, 0.15) is 12.6 Å². The third-order valence-electron chi connectivity index (χ3n) is 3.43. The summed E-state index contributed by atoms with van der Waals surface area (Å²) in [4.78, 5) is 13.1. The van der Waals surface area contributed by atoms with E-state index in [0.717, 1.165) is 32.8 Å². The number of rotatable bonds is 6. The van der Waals surface area contributed by atoms with Crippen LogP contribution in [0.25, 0.3) is 0 Å². The highest BCUT2D eigenvalue weighted by molar-refractivity contribution is 5.59. The Bertz CT molecular complexity index is 468. The lowest BCUT2D eigenvalue weighted by molar-refractivity contribution is -0.384. The Hall–Kier alpha value is -1.67. The average Bonchev–Trinajstić information content (AvgIpc) is 2.77. The molecule has 8 heteroatoms. The number of nitro groups is 1. The minimum atomic E-state index is -0.358. The smallest absolute Gasteiger partial charge is 0.333 e. The van der Waals surface area contributed by atoms with Gasteiger partial charge < -0.3 is 10.1 Å². The second-order valence-electron chi connectivity index (χ2n) is 4.76. The summed E-state index contributed by atoms with van der Waals surface area (Å²) in [7, 11) is 1.73. The van der Waals surface area contributed by atoms with Crippen LogP contribution in [0.5, 0.6) is 0 Å². The van der Waals surface area contributed by atoms with Crippen molar-refractivity contribution in [2.24, 2.45) is 7.05 Å². The Kier molecular flexibility index (Phi) is 4.91. The standard InChI is InChI=1S/C12H21N5O3/c1-3-10-11(17(18)19)12(15(2)14-10)13-4-5-16-6-8-20-9-7-16/h13H,3-9H2,1-2H3. The van der Waals surface area contributed by atoms with E-state index in [1.54, 1.807) is 11.7 Å². The van der Waals surface area contributed by atoms with Gasteiger partial charge in [0, 0.05) is 33.2 Å². The molecule has 1 aromatic rings. The van der Waals surface area contributed by atoms with Gasteiger partial charge in [0.1, 0.15) is 5.69 Å². The summed E-state index contributed by atoms with van der Waals surface area (Å²) in [6, 6.07) is 0. The number of nitrogens with zero attached hydrogens (tertiary/aromatic N) is 4. The number of aryl methyl sites for hydroxylation is 2. The van der Waals surface area contributed by atoms with Crippen LogP contribution in [0.15, 0.2) is 0 Å². The Morgan fingerprint density at radius 2 is 2.15 bits per heavy atom. The quantitative estimate of drug-likeness (QED) is 0.609. The summed E-state index contributed by atoms with van der Waals surface area (Å²) < 4.78 is 6.84. The molecule has 0 radical (unpaired) electrons. The van der Waals surface area contributed by atoms with Gasteiger partial charge in [-0.2, -0.15) is 5.10 Å². The maximum Gasteiger partial charge on any atom is 0.333 e. The van der Waals surface area contributed by atoms with Crippen LogP contribution in [0, 0.1) is 10.1 Å². The van der Waals surface area contributed by atoms with Gasteiger partial charge in [0.05, 0.1) is 18.1 Å². The molecular weight excluding hydrogens is 262 g/mol. The van der Waals surface area contributed by atoms with E-state index in [1.807, 2.05) is 6.92 Å². The minimum absolute atomic E-state index is 0.0944. The first kappa shape index (κ1) is 14.7. The van der Waals surface area contributed by atoms with Crippen molar-refractivity contribution >= 4 is 11.5 Å². The molecule has 1 aliphatic rings. The van der Waals surface area contributed by atoms with Gasteiger partial charge in [0.15, 0.2) is 0 Å². The number of hydrogen-bond donors (Lipinski definition) is 1. The molecule has 0 saturated carbocycles. The second kappa shape index (κ2) is 6.67. The Morgan fingerprint density at radius 1 is 1.45 bits per heavy atom. The first-order valence-corrected chi connectivity index (χ1v) is 6.87. The molecular formula is C12H21N5O3. The summed E-state index contributed by atoms with van der Waals surface area (Å²) in [5, 5.41) is 18.5. The summed E-state index contributed by atoms with van der Waals surface area (Å²) in [5.41, 5.74) is 0.614. The van der Waals surface area contributed by atoms with Crippen molar-refractivity contribution in [3.63, 3.8) is 0 Å². The van der Waals surface area contributed by atoms with Gasteiger partial charge >= 0.3 is 5.69 Å². The second-order valence-corrected chi connectivity index (χ2v) is 4.76. The molecule has 0 spiro atoms. The Balaban J connectivity index is 1.97. The molecule has 0 amide bonds. The molecule has 1 aromatic heterocycles. The lowest BCUT2D eigenvalue weighted by atomic mass is 10.3. The molecule has 0 bridgehead atoms. The van der Waals surface area contributed by atoms with Crippen LogP contribution in [0.2, 0.25) is 0 Å². The van der Waals surface area contributed by atoms with Crippen molar-refractivity contribution in [2.75, 3.05) is 44.7 Å². The molecule has 0 aliphatic carbocycles. The van der Waals surface area contributed by atoms with Crippen LogP contribution in [0.3, 0.4) is 0 Å². The number of aromatic nitrogens is 2. The topological polar surface area (TPSA) is 85.5 Å². The SMILES string of the molecule is CCc1nn(C)c(NCCN2CCOCC2)c1[N+](=O)[O-]. The monoisotopic (exact) mass is 283 g/mol. The molecule has 0 atom stereocenters. The average molecular weight is 283 g/mol. The van der Waals surface area contributed by atoms with Gasteiger partial charge in [-0.3, -0.25) is 15.0 Å². The van der Waals surface area contributed by atoms with Crippen LogP contribution < -0.4 is 5.32 Å². The van der Waals surface area contributed by atoms with Crippen molar-refractivity contribution in [3.8, 4) is 0 Å². The number of ether oxygens (including phenoxy) is 1. The zero-order chi connectivity index (χ0) is 14.5. The lowest BCUT2D eigenvalue weighted by Gasteiger charge is -2.26. The van der Waals surface area contributed by atoms with E-state index in [0.29, 0.717) is 24.5 Å². The molecule has 1 N–H and O–H groups in total. The minimum Gasteiger partial charge on any atom is -0.379 e. The fourth-order valence-electron chi connectivity index (χ4n) is 2.35. The highest BCUT2D eigenvalue weighted by Crippen LogP contribution is 2.28. The van der Waals surface area contributed by atoms with Gasteiger partial charge in [-0.05, 0) is 6.42 Å². The molecule has 8 nitrogen and oxygen atoms in total. The first-order valence-electron chi connectivity index (χ1n) is 6.87. The molecule has 2 rings (SSSR count). The third-order valence-corrected chi connectivity index (χ3v) is 3.43. The van der Waals surface area contributed by atoms with Gasteiger partial charge in [-0.1, -0.05) is 6.92 Å². The summed E-state index contributed by atoms with van der Waals surface area (Å²) in [6.45, 7) is 6.70. The normalized spacial score (nSPS) is 16.3. The van der Waals surface area contributed by atoms with E-state index in [-0.39, 0.29) is 10.6 Å². The van der Waals surface area contributed by atoms with Gasteiger partial charge in [-0.15, -0.1) is 0 Å². The molecule has 112 valence electrons. The summed E-state index contributed by atoms with van der Waals surface area (Å²) in [6.07, 6.45) is 0.551. The van der Waals surface area contributed by atoms with Gasteiger partial charge in [0.2, 0.25) is 5.82 Å². The van der Waals surface area contributed by atoms with Crippen molar-refractivity contribution in [1.29, 1.82) is 0 Å². The zero-order valence-corrected chi connectivity index (χ0v) is 12.0. The first-order chi connectivity index (χ1) is 9.63. The molecule has 0 unspecified atom stereocenters. The number of morpholine rings is 1. The molecule has 0 aromatic carbocycles. The number of nitrogens with one attached hydrogen (secondary N) is 1. The van der Waals surface area contributed by atoms with E-state index < -0.39 is 0 Å². The predicted octanol–water partition coefficient (Wildman–Crippen LogP) is 0.635. The van der Waals surface area contributed by atoms with Crippen molar-refractivity contribution in [3.05, 3.63) is 15.8 Å². The van der Waals surface area contributed by atoms with Crippen LogP contribution >= 0.6 is 0 Å². The third kappa shape index (κ3) is 3.26. The molecule has 2 heterocycles. The zero-order valence-electron chi connectivity index (χ0n) is 12.0.